The van der Waals surface area contributed by atoms with Crippen molar-refractivity contribution in [2.75, 3.05) is 0 Å². The predicted molar refractivity (Wildman–Crippen MR) is 109 cm³/mol. The monoisotopic (exact) mass is 390 g/mol. The Morgan fingerprint density at radius 3 is 2.59 bits per heavy atom. The van der Waals surface area contributed by atoms with Crippen molar-refractivity contribution in [1.82, 2.24) is 30.0 Å². The summed E-state index contributed by atoms with van der Waals surface area (Å²) in [4.78, 5) is 12.0. The van der Waals surface area contributed by atoms with Crippen LogP contribution in [0.25, 0.3) is 16.8 Å². The van der Waals surface area contributed by atoms with Crippen LogP contribution in [0.15, 0.2) is 47.3 Å². The number of H-pyrrole nitrogens is 1. The Hall–Kier alpha value is -3.68. The maximum atomic E-state index is 12.0. The Balaban J connectivity index is 1.65. The molecule has 2 aromatic heterocycles. The molecule has 2 aromatic carbocycles. The van der Waals surface area contributed by atoms with Crippen LogP contribution in [-0.4, -0.2) is 30.0 Å². The second kappa shape index (κ2) is 7.38. The second-order valence-electron chi connectivity index (χ2n) is 6.98. The molecule has 0 aliphatic carbocycles. The quantitative estimate of drug-likeness (QED) is 0.566. The minimum absolute atomic E-state index is 0.301. The number of aromatic nitrogens is 6. The molecule has 0 saturated heterocycles. The van der Waals surface area contributed by atoms with Crippen molar-refractivity contribution in [2.45, 2.75) is 27.4 Å². The molecule has 0 bridgehead atoms. The number of tetrazole rings is 1. The van der Waals surface area contributed by atoms with Crippen molar-refractivity contribution >= 4 is 0 Å². The molecule has 0 unspecified atom stereocenters. The van der Waals surface area contributed by atoms with Crippen molar-refractivity contribution in [3.8, 4) is 22.6 Å². The summed E-state index contributed by atoms with van der Waals surface area (Å²) in [6.45, 7) is 6.34. The van der Waals surface area contributed by atoms with Gasteiger partial charge in [0.05, 0.1) is 11.4 Å². The Morgan fingerprint density at radius 1 is 1.10 bits per heavy atom. The molecule has 2 heterocycles. The molecule has 0 aliphatic rings. The number of hydrogen-bond acceptors (Lipinski definition) is 5. The first kappa shape index (κ1) is 18.7. The molecule has 0 spiro atoms. The van der Waals surface area contributed by atoms with Gasteiger partial charge in [-0.15, -0.1) is 0 Å². The molecule has 148 valence electrons. The number of aromatic amines is 1. The Kier molecular flexibility index (Phi) is 4.75. The normalized spacial score (nSPS) is 11.0. The molecule has 0 atom stereocenters. The van der Waals surface area contributed by atoms with E-state index in [9.17, 15) is 4.79 Å². The minimum Gasteiger partial charge on any atom is -0.489 e. The highest BCUT2D eigenvalue weighted by molar-refractivity contribution is 5.69. The molecule has 8 nitrogen and oxygen atoms in total. The van der Waals surface area contributed by atoms with E-state index in [4.69, 9.17) is 4.74 Å². The topological polar surface area (TPSA) is 90.6 Å². The van der Waals surface area contributed by atoms with Crippen LogP contribution in [0.3, 0.4) is 0 Å². The Labute approximate surface area is 167 Å². The van der Waals surface area contributed by atoms with Crippen LogP contribution in [0.4, 0.5) is 0 Å². The maximum Gasteiger partial charge on any atom is 0.365 e. The number of nitrogens with one attached hydrogen (secondary N) is 1. The van der Waals surface area contributed by atoms with Crippen LogP contribution in [0.1, 0.15) is 22.5 Å². The number of hydrogen-bond donors (Lipinski definition) is 1. The number of rotatable bonds is 5. The lowest BCUT2D eigenvalue weighted by Gasteiger charge is -2.13. The summed E-state index contributed by atoms with van der Waals surface area (Å²) >= 11 is 0. The van der Waals surface area contributed by atoms with Gasteiger partial charge in [-0.25, -0.2) is 9.89 Å². The van der Waals surface area contributed by atoms with Gasteiger partial charge in [-0.1, -0.05) is 24.3 Å². The smallest absolute Gasteiger partial charge is 0.365 e. The molecular formula is C21H22N6O2. The van der Waals surface area contributed by atoms with Crippen LogP contribution < -0.4 is 10.4 Å². The van der Waals surface area contributed by atoms with E-state index < -0.39 is 0 Å². The van der Waals surface area contributed by atoms with Crippen LogP contribution >= 0.6 is 0 Å². The summed E-state index contributed by atoms with van der Waals surface area (Å²) in [5.74, 6) is 0.742. The van der Waals surface area contributed by atoms with Gasteiger partial charge in [0, 0.05) is 23.9 Å². The number of nitrogens with zero attached hydrogens (tertiary/aromatic N) is 5. The third-order valence-corrected chi connectivity index (χ3v) is 5.10. The van der Waals surface area contributed by atoms with Crippen LogP contribution in [-0.2, 0) is 13.7 Å². The summed E-state index contributed by atoms with van der Waals surface area (Å²) in [6, 6.07) is 13.6. The Bertz CT molecular complexity index is 1230. The van der Waals surface area contributed by atoms with Gasteiger partial charge < -0.3 is 4.74 Å². The van der Waals surface area contributed by atoms with Crippen LogP contribution in [0.5, 0.6) is 5.75 Å². The molecule has 0 aliphatic heterocycles. The number of benzene rings is 2. The summed E-state index contributed by atoms with van der Waals surface area (Å²) in [5.41, 5.74) is 6.40. The molecule has 8 heteroatoms. The zero-order chi connectivity index (χ0) is 20.5. The molecule has 0 fully saturated rings. The minimum atomic E-state index is -0.388. The first-order chi connectivity index (χ1) is 14.0. The van der Waals surface area contributed by atoms with E-state index in [2.05, 4.69) is 33.6 Å². The summed E-state index contributed by atoms with van der Waals surface area (Å²) < 4.78 is 9.22. The molecular weight excluding hydrogens is 368 g/mol. The van der Waals surface area contributed by atoms with Crippen molar-refractivity contribution in [3.05, 3.63) is 75.5 Å². The lowest BCUT2D eigenvalue weighted by Crippen LogP contribution is -2.18. The van der Waals surface area contributed by atoms with Gasteiger partial charge in [-0.3, -0.25) is 4.68 Å². The highest BCUT2D eigenvalue weighted by Crippen LogP contribution is 2.30. The van der Waals surface area contributed by atoms with Gasteiger partial charge in [-0.05, 0) is 60.5 Å². The molecule has 29 heavy (non-hydrogen) atoms. The second-order valence-corrected chi connectivity index (χ2v) is 6.98. The molecule has 0 radical (unpaired) electrons. The zero-order valence-corrected chi connectivity index (χ0v) is 16.8. The lowest BCUT2D eigenvalue weighted by atomic mass is 10.0. The van der Waals surface area contributed by atoms with Crippen LogP contribution in [0, 0.1) is 20.8 Å². The third-order valence-electron chi connectivity index (χ3n) is 5.10. The predicted octanol–water partition coefficient (Wildman–Crippen LogP) is 2.86. The average Bonchev–Trinajstić information content (AvgIpc) is 3.23. The van der Waals surface area contributed by atoms with Crippen molar-refractivity contribution < 1.29 is 4.74 Å². The van der Waals surface area contributed by atoms with E-state index in [0.29, 0.717) is 12.3 Å². The fraction of sp³-hybridized carbons (Fsp3) is 0.238. The maximum absolute atomic E-state index is 12.0. The first-order valence-electron chi connectivity index (χ1n) is 9.28. The van der Waals surface area contributed by atoms with E-state index in [1.807, 2.05) is 62.0 Å². The fourth-order valence-electron chi connectivity index (χ4n) is 3.52. The zero-order valence-electron chi connectivity index (χ0n) is 16.8. The molecule has 4 aromatic rings. The molecule has 1 N–H and O–H groups in total. The first-order valence-corrected chi connectivity index (χ1v) is 9.28. The number of ether oxygens (including phenoxy) is 1. The van der Waals surface area contributed by atoms with Crippen molar-refractivity contribution in [2.24, 2.45) is 7.05 Å². The highest BCUT2D eigenvalue weighted by atomic mass is 16.5. The Morgan fingerprint density at radius 2 is 1.90 bits per heavy atom. The number of aryl methyl sites for hydroxylation is 3. The summed E-state index contributed by atoms with van der Waals surface area (Å²) in [5, 5.41) is 14.3. The van der Waals surface area contributed by atoms with E-state index >= 15 is 0 Å². The standard InChI is InChI=1S/C21H22N6O2/c1-13-7-5-10-19(27-21(28)22-24-25-27)18(13)12-29-17-9-6-8-16(11-17)20-14(2)23-26(4)15(20)3/h5-11H,12H2,1-4H3,(H,22,25,28). The van der Waals surface area contributed by atoms with Gasteiger partial charge in [0.1, 0.15) is 12.4 Å². The molecule has 0 amide bonds. The van der Waals surface area contributed by atoms with Crippen LogP contribution in [0.2, 0.25) is 0 Å². The van der Waals surface area contributed by atoms with Crippen molar-refractivity contribution in [1.29, 1.82) is 0 Å². The van der Waals surface area contributed by atoms with Gasteiger partial charge in [0.25, 0.3) is 0 Å². The van der Waals surface area contributed by atoms with E-state index in [1.54, 1.807) is 0 Å². The van der Waals surface area contributed by atoms with E-state index in [0.717, 1.165) is 39.4 Å². The fourth-order valence-corrected chi connectivity index (χ4v) is 3.52. The third kappa shape index (κ3) is 3.44. The summed E-state index contributed by atoms with van der Waals surface area (Å²) in [7, 11) is 1.94. The lowest BCUT2D eigenvalue weighted by molar-refractivity contribution is 0.305. The van der Waals surface area contributed by atoms with E-state index in [-0.39, 0.29) is 5.69 Å². The largest absolute Gasteiger partial charge is 0.489 e. The van der Waals surface area contributed by atoms with Gasteiger partial charge in [0.15, 0.2) is 0 Å². The van der Waals surface area contributed by atoms with Gasteiger partial charge in [0.2, 0.25) is 0 Å². The molecule has 4 rings (SSSR count). The van der Waals surface area contributed by atoms with Crippen molar-refractivity contribution in [3.63, 3.8) is 0 Å². The summed E-state index contributed by atoms with van der Waals surface area (Å²) in [6.07, 6.45) is 0. The highest BCUT2D eigenvalue weighted by Gasteiger charge is 2.14. The van der Waals surface area contributed by atoms with Gasteiger partial charge in [-0.2, -0.15) is 9.78 Å². The average molecular weight is 390 g/mol. The van der Waals surface area contributed by atoms with Gasteiger partial charge >= 0.3 is 5.69 Å². The van der Waals surface area contributed by atoms with E-state index in [1.165, 1.54) is 4.68 Å². The molecule has 0 saturated carbocycles. The SMILES string of the molecule is Cc1cccc(-n2nn[nH]c2=O)c1COc1cccc(-c2c(C)nn(C)c2C)c1.